The Morgan fingerprint density at radius 3 is 2.49 bits per heavy atom. The molecule has 0 radical (unpaired) electrons. The number of phosphoric acid groups is 2. The Balaban J connectivity index is 2.37. The van der Waals surface area contributed by atoms with E-state index in [0.29, 0.717) is 6.29 Å². The van der Waals surface area contributed by atoms with Gasteiger partial charge < -0.3 is 39.2 Å². The van der Waals surface area contributed by atoms with Gasteiger partial charge in [-0.3, -0.25) is 18.9 Å². The van der Waals surface area contributed by atoms with Crippen LogP contribution in [-0.2, 0) is 32.2 Å². The monoisotopic (exact) mass is 546 g/mol. The van der Waals surface area contributed by atoms with Crippen molar-refractivity contribution in [3.63, 3.8) is 0 Å². The Morgan fingerprint density at radius 1 is 1.31 bits per heavy atom. The number of carbonyl (C=O) groups excluding carboxylic acids is 1. The topological polar surface area (TPSA) is 244 Å². The lowest BCUT2D eigenvalue weighted by Crippen LogP contribution is -2.51. The fourth-order valence-corrected chi connectivity index (χ4v) is 5.13. The number of hydrogen-bond donors (Lipinski definition) is 6. The number of aromatic amines is 1. The van der Waals surface area contributed by atoms with Gasteiger partial charge in [0.25, 0.3) is 5.56 Å². The van der Waals surface area contributed by atoms with E-state index in [1.807, 2.05) is 0 Å². The smallest absolute Gasteiger partial charge is 0.391 e. The van der Waals surface area contributed by atoms with E-state index in [9.17, 15) is 38.6 Å². The van der Waals surface area contributed by atoms with Crippen molar-refractivity contribution in [3.05, 3.63) is 32.6 Å². The van der Waals surface area contributed by atoms with Gasteiger partial charge in [0.05, 0.1) is 18.8 Å². The lowest BCUT2D eigenvalue weighted by atomic mass is 9.91. The molecule has 2 rings (SSSR count). The van der Waals surface area contributed by atoms with Crippen molar-refractivity contribution in [2.45, 2.75) is 69.9 Å². The zero-order valence-corrected chi connectivity index (χ0v) is 20.7. The minimum atomic E-state index is -5.40. The van der Waals surface area contributed by atoms with Crippen molar-refractivity contribution < 1.29 is 57.1 Å². The van der Waals surface area contributed by atoms with Crippen LogP contribution in [-0.4, -0.2) is 77.4 Å². The summed E-state index contributed by atoms with van der Waals surface area (Å²) in [7, 11) is -10.7. The van der Waals surface area contributed by atoms with Crippen molar-refractivity contribution in [1.82, 2.24) is 9.55 Å². The molecule has 7 atom stereocenters. The molecule has 0 saturated carbocycles. The normalized spacial score (nSPS) is 26.0. The number of H-pyrrole nitrogens is 1. The Hall–Kier alpha value is -1.55. The van der Waals surface area contributed by atoms with Gasteiger partial charge in [-0.1, -0.05) is 0 Å². The van der Waals surface area contributed by atoms with Crippen molar-refractivity contribution in [3.8, 4) is 0 Å². The third-order valence-corrected chi connectivity index (χ3v) is 7.39. The number of aliphatic hydroxyl groups is 2. The summed E-state index contributed by atoms with van der Waals surface area (Å²) in [6.07, 6.45) is -5.35. The van der Waals surface area contributed by atoms with Gasteiger partial charge in [-0.15, -0.1) is 0 Å². The summed E-state index contributed by atoms with van der Waals surface area (Å²) in [6, 6.07) is 0. The maximum atomic E-state index is 12.3. The second kappa shape index (κ2) is 11.2. The third-order valence-electron chi connectivity index (χ3n) is 5.24. The highest BCUT2D eigenvalue weighted by Crippen LogP contribution is 2.57. The van der Waals surface area contributed by atoms with Crippen LogP contribution in [0, 0.1) is 6.92 Å². The summed E-state index contributed by atoms with van der Waals surface area (Å²) < 4.78 is 43.7. The molecule has 1 aromatic heterocycles. The molecular weight excluding hydrogens is 518 g/mol. The molecule has 0 bridgehead atoms. The summed E-state index contributed by atoms with van der Waals surface area (Å²) in [5.41, 5.74) is -2.99. The van der Waals surface area contributed by atoms with E-state index >= 15 is 0 Å². The number of aromatic nitrogens is 2. The number of hydrogen-bond acceptors (Lipinski definition) is 11. The molecule has 200 valence electrons. The van der Waals surface area contributed by atoms with Gasteiger partial charge in [-0.05, 0) is 20.8 Å². The maximum Gasteiger partial charge on any atom is 0.481 e. The van der Waals surface area contributed by atoms with Crippen LogP contribution in [0.3, 0.4) is 0 Å². The molecule has 1 unspecified atom stereocenters. The molecule has 1 aliphatic heterocycles. The second-order valence-corrected chi connectivity index (χ2v) is 11.0. The molecule has 1 saturated heterocycles. The van der Waals surface area contributed by atoms with Crippen molar-refractivity contribution in [2.24, 2.45) is 0 Å². The van der Waals surface area contributed by atoms with Crippen LogP contribution in [0.15, 0.2) is 15.8 Å². The Bertz CT molecular complexity index is 1110. The summed E-state index contributed by atoms with van der Waals surface area (Å²) in [4.78, 5) is 64.4. The summed E-state index contributed by atoms with van der Waals surface area (Å²) in [6.45, 7) is 3.18. The highest BCUT2D eigenvalue weighted by atomic mass is 31.3. The number of nitrogens with zero attached hydrogens (tertiary/aromatic N) is 1. The number of carbonyl (C=O) groups is 1. The van der Waals surface area contributed by atoms with Crippen molar-refractivity contribution >= 4 is 21.9 Å². The predicted octanol–water partition coefficient (Wildman–Crippen LogP) is -1.17. The minimum absolute atomic E-state index is 0.157. The molecule has 0 aliphatic carbocycles. The molecule has 0 spiro atoms. The van der Waals surface area contributed by atoms with Crippen LogP contribution in [0.25, 0.3) is 0 Å². The fourth-order valence-electron chi connectivity index (χ4n) is 3.53. The van der Waals surface area contributed by atoms with E-state index in [0.717, 1.165) is 4.57 Å². The van der Waals surface area contributed by atoms with Gasteiger partial charge in [-0.25, -0.2) is 13.9 Å². The molecule has 0 amide bonds. The molecule has 35 heavy (non-hydrogen) atoms. The molecule has 1 fully saturated rings. The number of phosphoric ester groups is 1. The first-order valence-electron chi connectivity index (χ1n) is 10.2. The molecule has 2 heterocycles. The number of nitrogens with one attached hydrogen (secondary N) is 1. The van der Waals surface area contributed by atoms with Gasteiger partial charge >= 0.3 is 21.3 Å². The largest absolute Gasteiger partial charge is 0.481 e. The average Bonchev–Trinajstić information content (AvgIpc) is 3.09. The number of aldehydes is 1. The van der Waals surface area contributed by atoms with E-state index < -0.39 is 69.7 Å². The number of aryl methyl sites for hydroxylation is 1. The molecule has 1 aromatic rings. The average molecular weight is 546 g/mol. The molecule has 1 aliphatic rings. The zero-order chi connectivity index (χ0) is 26.8. The third kappa shape index (κ3) is 7.97. The van der Waals surface area contributed by atoms with Crippen molar-refractivity contribution in [1.29, 1.82) is 0 Å². The van der Waals surface area contributed by atoms with Crippen LogP contribution in [0.4, 0.5) is 0 Å². The molecule has 16 nitrogen and oxygen atoms in total. The lowest BCUT2D eigenvalue weighted by molar-refractivity contribution is -0.186. The summed E-state index contributed by atoms with van der Waals surface area (Å²) >= 11 is 0. The molecule has 6 N–H and O–H groups in total. The standard InChI is InChI=1S/C17H28N2O14P2/c1-9-7-19(16(24)18-15(9)23)13-6-11(32-17(3,4-5-20)14(22)10(2)21)12(31-13)8-30-35(28,29)33-34(25,26)27/h5,7,10-14,21-22H,4,6,8H2,1-3H3,(H,28,29)(H,18,23,24)(H2,25,26,27)/t10-,11+,12-,13-,14-,17+/m0/s1. The Kier molecular flexibility index (Phi) is 9.53. The van der Waals surface area contributed by atoms with Crippen molar-refractivity contribution in [2.75, 3.05) is 6.61 Å². The molecular formula is C17H28N2O14P2. The first-order valence-corrected chi connectivity index (χ1v) is 13.2. The van der Waals surface area contributed by atoms with E-state index in [1.54, 1.807) is 0 Å². The van der Waals surface area contributed by atoms with Gasteiger partial charge in [0.15, 0.2) is 0 Å². The molecule has 18 heteroatoms. The van der Waals surface area contributed by atoms with Gasteiger partial charge in [-0.2, -0.15) is 4.31 Å². The van der Waals surface area contributed by atoms with E-state index in [2.05, 4.69) is 13.8 Å². The van der Waals surface area contributed by atoms with Crippen LogP contribution >= 0.6 is 15.6 Å². The Morgan fingerprint density at radius 2 is 1.94 bits per heavy atom. The second-order valence-electron chi connectivity index (χ2n) is 8.21. The van der Waals surface area contributed by atoms with E-state index in [4.69, 9.17) is 19.3 Å². The van der Waals surface area contributed by atoms with Crippen LogP contribution in [0.1, 0.15) is 38.5 Å². The van der Waals surface area contributed by atoms with Crippen LogP contribution in [0.5, 0.6) is 0 Å². The van der Waals surface area contributed by atoms with Gasteiger partial charge in [0.1, 0.15) is 30.3 Å². The Labute approximate surface area is 198 Å². The molecule has 0 aromatic carbocycles. The lowest BCUT2D eigenvalue weighted by Gasteiger charge is -2.38. The summed E-state index contributed by atoms with van der Waals surface area (Å²) in [5.74, 6) is 0. The quantitative estimate of drug-likeness (QED) is 0.134. The van der Waals surface area contributed by atoms with E-state index in [1.165, 1.54) is 27.0 Å². The SMILES string of the molecule is Cc1cn([C@@H]2C[C@@H](O[C@](C)(CC=O)[C@@H](O)[C@H](C)O)[C@H](COP(=O)(O)OP(=O)(O)O)O2)c(=O)[nH]c1=O. The maximum absolute atomic E-state index is 12.3. The van der Waals surface area contributed by atoms with E-state index in [-0.39, 0.29) is 18.4 Å². The van der Waals surface area contributed by atoms with Crippen LogP contribution < -0.4 is 11.2 Å². The fraction of sp³-hybridized carbons (Fsp3) is 0.706. The first kappa shape index (κ1) is 29.7. The number of rotatable bonds is 12. The number of ether oxygens (including phenoxy) is 2. The predicted molar refractivity (Wildman–Crippen MR) is 115 cm³/mol. The highest BCUT2D eigenvalue weighted by Gasteiger charge is 2.46. The number of aliphatic hydroxyl groups excluding tert-OH is 2. The highest BCUT2D eigenvalue weighted by molar-refractivity contribution is 7.60. The zero-order valence-electron chi connectivity index (χ0n) is 18.9. The van der Waals surface area contributed by atoms with Crippen LogP contribution in [0.2, 0.25) is 0 Å². The van der Waals surface area contributed by atoms with Gasteiger partial charge in [0, 0.05) is 24.6 Å². The first-order chi connectivity index (χ1) is 16.0. The van der Waals surface area contributed by atoms with Gasteiger partial charge in [0.2, 0.25) is 0 Å². The summed E-state index contributed by atoms with van der Waals surface area (Å²) in [5, 5.41) is 20.2. The minimum Gasteiger partial charge on any atom is -0.391 e.